The summed E-state index contributed by atoms with van der Waals surface area (Å²) in [5, 5.41) is 0.944. The van der Waals surface area contributed by atoms with Crippen LogP contribution in [0.2, 0.25) is 0 Å². The number of para-hydroxylation sites is 1. The van der Waals surface area contributed by atoms with E-state index in [2.05, 4.69) is 23.0 Å². The summed E-state index contributed by atoms with van der Waals surface area (Å²) in [5.41, 5.74) is 2.96. The van der Waals surface area contributed by atoms with Crippen molar-refractivity contribution >= 4 is 16.5 Å². The van der Waals surface area contributed by atoms with Crippen LogP contribution >= 0.6 is 0 Å². The Morgan fingerprint density at radius 1 is 1.35 bits per heavy atom. The molecular formula is C14H15FN2. The monoisotopic (exact) mass is 230 g/mol. The number of rotatable bonds is 1. The van der Waals surface area contributed by atoms with Gasteiger partial charge in [-0.05, 0) is 31.2 Å². The highest BCUT2D eigenvalue weighted by atomic mass is 19.1. The molecule has 1 N–H and O–H groups in total. The molecule has 2 heterocycles. The Morgan fingerprint density at radius 2 is 2.24 bits per heavy atom. The smallest absolute Gasteiger partial charge is 0.147 e. The van der Waals surface area contributed by atoms with Gasteiger partial charge in [-0.1, -0.05) is 18.2 Å². The predicted molar refractivity (Wildman–Crippen MR) is 68.3 cm³/mol. The number of aromatic nitrogens is 1. The molecule has 1 aliphatic heterocycles. The van der Waals surface area contributed by atoms with E-state index in [1.54, 1.807) is 6.07 Å². The maximum absolute atomic E-state index is 13.6. The molecular weight excluding hydrogens is 215 g/mol. The molecule has 0 atom stereocenters. The van der Waals surface area contributed by atoms with Crippen molar-refractivity contribution in [2.24, 2.45) is 0 Å². The van der Waals surface area contributed by atoms with Gasteiger partial charge in [0, 0.05) is 24.2 Å². The van der Waals surface area contributed by atoms with Gasteiger partial charge in [0.2, 0.25) is 0 Å². The van der Waals surface area contributed by atoms with Crippen molar-refractivity contribution in [3.05, 3.63) is 41.9 Å². The van der Waals surface area contributed by atoms with Crippen LogP contribution in [0.4, 0.5) is 4.39 Å². The fourth-order valence-electron chi connectivity index (χ4n) is 2.31. The molecule has 0 amide bonds. The van der Waals surface area contributed by atoms with Crippen LogP contribution in [-0.4, -0.2) is 30.0 Å². The van der Waals surface area contributed by atoms with Crippen molar-refractivity contribution < 1.29 is 4.39 Å². The van der Waals surface area contributed by atoms with Crippen molar-refractivity contribution in [3.8, 4) is 0 Å². The van der Waals surface area contributed by atoms with Gasteiger partial charge in [-0.3, -0.25) is 0 Å². The molecule has 1 aliphatic rings. The first-order valence-corrected chi connectivity index (χ1v) is 5.89. The van der Waals surface area contributed by atoms with E-state index < -0.39 is 0 Å². The third-order valence-corrected chi connectivity index (χ3v) is 3.36. The lowest BCUT2D eigenvalue weighted by Gasteiger charge is -2.21. The second-order valence-corrected chi connectivity index (χ2v) is 4.63. The van der Waals surface area contributed by atoms with Crippen LogP contribution in [0.3, 0.4) is 0 Å². The zero-order valence-electron chi connectivity index (χ0n) is 9.83. The molecule has 1 aromatic carbocycles. The molecule has 0 saturated carbocycles. The number of aromatic amines is 1. The van der Waals surface area contributed by atoms with Crippen LogP contribution in [-0.2, 0) is 0 Å². The number of nitrogens with one attached hydrogen (secondary N) is 1. The van der Waals surface area contributed by atoms with Crippen LogP contribution in [0.15, 0.2) is 30.3 Å². The standard InChI is InChI=1S/C14H15FN2/c1-17-7-5-10(6-8-17)13-9-11-3-2-4-12(15)14(11)16-13/h2-5,9,16H,6-8H2,1H3. The largest absolute Gasteiger partial charge is 0.352 e. The summed E-state index contributed by atoms with van der Waals surface area (Å²) in [7, 11) is 2.11. The van der Waals surface area contributed by atoms with Crippen molar-refractivity contribution in [2.75, 3.05) is 20.1 Å². The minimum absolute atomic E-state index is 0.178. The van der Waals surface area contributed by atoms with Crippen LogP contribution in [0.5, 0.6) is 0 Å². The zero-order valence-corrected chi connectivity index (χ0v) is 9.83. The number of fused-ring (bicyclic) bond motifs is 1. The van der Waals surface area contributed by atoms with Crippen molar-refractivity contribution in [1.29, 1.82) is 0 Å². The predicted octanol–water partition coefficient (Wildman–Crippen LogP) is 3.03. The Kier molecular flexibility index (Phi) is 2.48. The van der Waals surface area contributed by atoms with Gasteiger partial charge in [0.1, 0.15) is 5.82 Å². The highest BCUT2D eigenvalue weighted by Gasteiger charge is 2.12. The number of hydrogen-bond donors (Lipinski definition) is 1. The Bertz CT molecular complexity index is 583. The van der Waals surface area contributed by atoms with E-state index in [0.717, 1.165) is 30.6 Å². The van der Waals surface area contributed by atoms with E-state index in [4.69, 9.17) is 0 Å². The van der Waals surface area contributed by atoms with Crippen molar-refractivity contribution in [3.63, 3.8) is 0 Å². The fourth-order valence-corrected chi connectivity index (χ4v) is 2.31. The maximum atomic E-state index is 13.6. The summed E-state index contributed by atoms with van der Waals surface area (Å²) in [6, 6.07) is 7.22. The second kappa shape index (κ2) is 4.00. The number of hydrogen-bond acceptors (Lipinski definition) is 1. The van der Waals surface area contributed by atoms with Crippen LogP contribution in [0.25, 0.3) is 16.5 Å². The lowest BCUT2D eigenvalue weighted by atomic mass is 10.1. The Morgan fingerprint density at radius 3 is 2.94 bits per heavy atom. The van der Waals surface area contributed by atoms with E-state index >= 15 is 0 Å². The van der Waals surface area contributed by atoms with Crippen molar-refractivity contribution in [1.82, 2.24) is 9.88 Å². The summed E-state index contributed by atoms with van der Waals surface area (Å²) >= 11 is 0. The van der Waals surface area contributed by atoms with Gasteiger partial charge in [0.25, 0.3) is 0 Å². The summed E-state index contributed by atoms with van der Waals surface area (Å²) in [5.74, 6) is -0.178. The summed E-state index contributed by atoms with van der Waals surface area (Å²) in [4.78, 5) is 5.46. The molecule has 2 aromatic rings. The minimum atomic E-state index is -0.178. The van der Waals surface area contributed by atoms with Crippen LogP contribution in [0, 0.1) is 5.82 Å². The minimum Gasteiger partial charge on any atom is -0.352 e. The third kappa shape index (κ3) is 1.87. The van der Waals surface area contributed by atoms with Crippen LogP contribution in [0.1, 0.15) is 12.1 Å². The Labute approximate surface area is 99.7 Å². The molecule has 2 nitrogen and oxygen atoms in total. The van der Waals surface area contributed by atoms with Gasteiger partial charge >= 0.3 is 0 Å². The molecule has 0 spiro atoms. The SMILES string of the molecule is CN1CC=C(c2cc3cccc(F)c3[nH]2)CC1. The highest BCUT2D eigenvalue weighted by molar-refractivity contribution is 5.85. The quantitative estimate of drug-likeness (QED) is 0.797. The van der Waals surface area contributed by atoms with E-state index in [-0.39, 0.29) is 5.82 Å². The highest BCUT2D eigenvalue weighted by Crippen LogP contribution is 2.26. The third-order valence-electron chi connectivity index (χ3n) is 3.36. The Hall–Kier alpha value is -1.61. The zero-order chi connectivity index (χ0) is 11.8. The number of halogens is 1. The first kappa shape index (κ1) is 10.5. The molecule has 0 aliphatic carbocycles. The van der Waals surface area contributed by atoms with Crippen LogP contribution < -0.4 is 0 Å². The molecule has 0 bridgehead atoms. The average molecular weight is 230 g/mol. The van der Waals surface area contributed by atoms with E-state index in [1.807, 2.05) is 12.1 Å². The summed E-state index contributed by atoms with van der Waals surface area (Å²) in [6.45, 7) is 2.02. The molecule has 0 saturated heterocycles. The molecule has 88 valence electrons. The van der Waals surface area contributed by atoms with Gasteiger partial charge in [-0.15, -0.1) is 0 Å². The normalized spacial score (nSPS) is 17.4. The first-order chi connectivity index (χ1) is 8.24. The van der Waals surface area contributed by atoms with Gasteiger partial charge in [-0.25, -0.2) is 4.39 Å². The maximum Gasteiger partial charge on any atom is 0.147 e. The number of benzene rings is 1. The second-order valence-electron chi connectivity index (χ2n) is 4.63. The number of H-pyrrole nitrogens is 1. The topological polar surface area (TPSA) is 19.0 Å². The summed E-state index contributed by atoms with van der Waals surface area (Å²) < 4.78 is 13.6. The molecule has 1 aromatic heterocycles. The fraction of sp³-hybridized carbons (Fsp3) is 0.286. The first-order valence-electron chi connectivity index (χ1n) is 5.89. The van der Waals surface area contributed by atoms with Gasteiger partial charge in [-0.2, -0.15) is 0 Å². The average Bonchev–Trinajstić information content (AvgIpc) is 2.75. The molecule has 0 unspecified atom stereocenters. The van der Waals surface area contributed by atoms with E-state index in [1.165, 1.54) is 11.6 Å². The lowest BCUT2D eigenvalue weighted by Crippen LogP contribution is -2.23. The van der Waals surface area contributed by atoms with Gasteiger partial charge < -0.3 is 9.88 Å². The van der Waals surface area contributed by atoms with Crippen molar-refractivity contribution in [2.45, 2.75) is 6.42 Å². The van der Waals surface area contributed by atoms with Gasteiger partial charge in [0.05, 0.1) is 5.52 Å². The number of nitrogens with zero attached hydrogens (tertiary/aromatic N) is 1. The molecule has 3 rings (SSSR count). The molecule has 17 heavy (non-hydrogen) atoms. The molecule has 3 heteroatoms. The van der Waals surface area contributed by atoms with E-state index in [0.29, 0.717) is 5.52 Å². The van der Waals surface area contributed by atoms with E-state index in [9.17, 15) is 4.39 Å². The lowest BCUT2D eigenvalue weighted by molar-refractivity contribution is 0.370. The summed E-state index contributed by atoms with van der Waals surface area (Å²) in [6.07, 6.45) is 3.23. The molecule has 0 radical (unpaired) electrons. The van der Waals surface area contributed by atoms with Gasteiger partial charge in [0.15, 0.2) is 0 Å². The Balaban J connectivity index is 2.04. The molecule has 0 fully saturated rings. The number of likely N-dealkylation sites (N-methyl/N-ethyl adjacent to an activating group) is 1.